The average molecular weight is 343 g/mol. The molecule has 1 aliphatic rings. The van der Waals surface area contributed by atoms with Crippen LogP contribution >= 0.6 is 0 Å². The van der Waals surface area contributed by atoms with Crippen LogP contribution in [0.4, 0.5) is 9.18 Å². The van der Waals surface area contributed by atoms with E-state index in [4.69, 9.17) is 4.74 Å². The predicted octanol–water partition coefficient (Wildman–Crippen LogP) is 3.11. The summed E-state index contributed by atoms with van der Waals surface area (Å²) in [7, 11) is 0. The minimum Gasteiger partial charge on any atom is -0.376 e. The maximum absolute atomic E-state index is 13.3. The normalized spacial score (nSPS) is 16.6. The van der Waals surface area contributed by atoms with Crippen LogP contribution < -0.4 is 5.32 Å². The van der Waals surface area contributed by atoms with Crippen molar-refractivity contribution in [2.24, 2.45) is 0 Å². The molecule has 0 bridgehead atoms. The predicted molar refractivity (Wildman–Crippen MR) is 92.3 cm³/mol. The third-order valence-corrected chi connectivity index (χ3v) is 4.15. The van der Waals surface area contributed by atoms with Gasteiger partial charge in [-0.15, -0.1) is 0 Å². The second-order valence-corrected chi connectivity index (χ2v) is 6.13. The molecule has 25 heavy (non-hydrogen) atoms. The van der Waals surface area contributed by atoms with E-state index in [-0.39, 0.29) is 24.5 Å². The Morgan fingerprint density at radius 2 is 2.24 bits per heavy atom. The molecule has 1 aromatic carbocycles. The molecule has 2 amide bonds. The molecule has 6 heteroatoms. The van der Waals surface area contributed by atoms with E-state index in [1.807, 2.05) is 18.2 Å². The molecule has 1 N–H and O–H groups in total. The molecule has 5 nitrogen and oxygen atoms in total. The summed E-state index contributed by atoms with van der Waals surface area (Å²) < 4.78 is 18.9. The number of pyridine rings is 1. The standard InChI is InChI=1S/C19H22FN3O2/c20-16-6-3-5-15(11-16)12-22-19(24)23(14-18-8-4-10-25-18)13-17-7-1-2-9-21-17/h1-3,5-7,9,11,18H,4,8,10,12-14H2,(H,22,24). The van der Waals surface area contributed by atoms with E-state index in [2.05, 4.69) is 10.3 Å². The number of ether oxygens (including phenoxy) is 1. The quantitative estimate of drug-likeness (QED) is 0.877. The molecule has 2 aromatic rings. The van der Waals surface area contributed by atoms with Crippen molar-refractivity contribution in [2.45, 2.75) is 32.0 Å². The van der Waals surface area contributed by atoms with Gasteiger partial charge in [-0.05, 0) is 42.7 Å². The second kappa shape index (κ2) is 8.58. The highest BCUT2D eigenvalue weighted by molar-refractivity contribution is 5.74. The van der Waals surface area contributed by atoms with Gasteiger partial charge in [0.15, 0.2) is 0 Å². The Morgan fingerprint density at radius 1 is 1.32 bits per heavy atom. The van der Waals surface area contributed by atoms with E-state index in [0.717, 1.165) is 30.7 Å². The number of nitrogens with one attached hydrogen (secondary N) is 1. The fourth-order valence-corrected chi connectivity index (χ4v) is 2.88. The Morgan fingerprint density at radius 3 is 2.96 bits per heavy atom. The topological polar surface area (TPSA) is 54.5 Å². The van der Waals surface area contributed by atoms with Gasteiger partial charge in [0.05, 0.1) is 18.3 Å². The van der Waals surface area contributed by atoms with Crippen molar-refractivity contribution in [3.05, 3.63) is 65.7 Å². The van der Waals surface area contributed by atoms with Crippen LogP contribution in [0.1, 0.15) is 24.1 Å². The van der Waals surface area contributed by atoms with Gasteiger partial charge in [0.1, 0.15) is 5.82 Å². The largest absolute Gasteiger partial charge is 0.376 e. The minimum atomic E-state index is -0.309. The molecule has 1 fully saturated rings. The number of carbonyl (C=O) groups is 1. The summed E-state index contributed by atoms with van der Waals surface area (Å²) >= 11 is 0. The van der Waals surface area contributed by atoms with Gasteiger partial charge in [-0.3, -0.25) is 4.98 Å². The van der Waals surface area contributed by atoms with Crippen LogP contribution in [0.15, 0.2) is 48.7 Å². The molecule has 2 heterocycles. The van der Waals surface area contributed by atoms with Crippen molar-refractivity contribution in [1.29, 1.82) is 0 Å². The lowest BCUT2D eigenvalue weighted by Gasteiger charge is -2.25. The Kier molecular flexibility index (Phi) is 5.95. The third kappa shape index (κ3) is 5.26. The van der Waals surface area contributed by atoms with Gasteiger partial charge < -0.3 is 15.0 Å². The van der Waals surface area contributed by atoms with Gasteiger partial charge in [0.25, 0.3) is 0 Å². The summed E-state index contributed by atoms with van der Waals surface area (Å²) in [5, 5.41) is 2.86. The maximum Gasteiger partial charge on any atom is 0.318 e. The van der Waals surface area contributed by atoms with Crippen LogP contribution in [-0.2, 0) is 17.8 Å². The Balaban J connectivity index is 1.63. The molecular weight excluding hydrogens is 321 g/mol. The van der Waals surface area contributed by atoms with Crippen LogP contribution in [0.5, 0.6) is 0 Å². The molecule has 0 saturated carbocycles. The molecule has 0 spiro atoms. The summed E-state index contributed by atoms with van der Waals surface area (Å²) in [6, 6.07) is 11.7. The number of hydrogen-bond donors (Lipinski definition) is 1. The van der Waals surface area contributed by atoms with Crippen molar-refractivity contribution >= 4 is 6.03 Å². The fourth-order valence-electron chi connectivity index (χ4n) is 2.88. The van der Waals surface area contributed by atoms with Gasteiger partial charge >= 0.3 is 6.03 Å². The maximum atomic E-state index is 13.3. The highest BCUT2D eigenvalue weighted by Gasteiger charge is 2.23. The summed E-state index contributed by atoms with van der Waals surface area (Å²) in [6.45, 7) is 1.95. The summed E-state index contributed by atoms with van der Waals surface area (Å²) in [5.74, 6) is -0.309. The van der Waals surface area contributed by atoms with E-state index in [9.17, 15) is 9.18 Å². The zero-order valence-electron chi connectivity index (χ0n) is 14.0. The lowest BCUT2D eigenvalue weighted by molar-refractivity contribution is 0.0791. The lowest BCUT2D eigenvalue weighted by Crippen LogP contribution is -2.43. The fraction of sp³-hybridized carbons (Fsp3) is 0.368. The summed E-state index contributed by atoms with van der Waals surface area (Å²) in [4.78, 5) is 18.6. The number of halogens is 1. The van der Waals surface area contributed by atoms with Crippen molar-refractivity contribution in [2.75, 3.05) is 13.2 Å². The number of hydrogen-bond acceptors (Lipinski definition) is 3. The van der Waals surface area contributed by atoms with Crippen molar-refractivity contribution in [1.82, 2.24) is 15.2 Å². The minimum absolute atomic E-state index is 0.0589. The van der Waals surface area contributed by atoms with E-state index in [1.165, 1.54) is 12.1 Å². The number of carbonyl (C=O) groups excluding carboxylic acids is 1. The average Bonchev–Trinajstić information content (AvgIpc) is 3.13. The Hall–Kier alpha value is -2.47. The third-order valence-electron chi connectivity index (χ3n) is 4.15. The number of urea groups is 1. The van der Waals surface area contributed by atoms with E-state index < -0.39 is 0 Å². The molecular formula is C19H22FN3O2. The van der Waals surface area contributed by atoms with Crippen LogP contribution in [0.2, 0.25) is 0 Å². The van der Waals surface area contributed by atoms with Crippen LogP contribution in [0, 0.1) is 5.82 Å². The summed E-state index contributed by atoms with van der Waals surface area (Å²) in [5.41, 5.74) is 1.55. The second-order valence-electron chi connectivity index (χ2n) is 6.13. The number of amides is 2. The van der Waals surface area contributed by atoms with Gasteiger partial charge in [0, 0.05) is 25.9 Å². The van der Waals surface area contributed by atoms with E-state index in [0.29, 0.717) is 13.1 Å². The first-order valence-electron chi connectivity index (χ1n) is 8.49. The van der Waals surface area contributed by atoms with Gasteiger partial charge in [-0.1, -0.05) is 18.2 Å². The first kappa shape index (κ1) is 17.4. The van der Waals surface area contributed by atoms with Gasteiger partial charge in [-0.25, -0.2) is 9.18 Å². The SMILES string of the molecule is O=C(NCc1cccc(F)c1)N(Cc1ccccn1)CC1CCCO1. The monoisotopic (exact) mass is 343 g/mol. The Labute approximate surface area is 146 Å². The number of aromatic nitrogens is 1. The van der Waals surface area contributed by atoms with Crippen molar-refractivity contribution in [3.8, 4) is 0 Å². The van der Waals surface area contributed by atoms with Crippen LogP contribution in [-0.4, -0.2) is 35.2 Å². The van der Waals surface area contributed by atoms with Gasteiger partial charge in [0.2, 0.25) is 0 Å². The number of benzene rings is 1. The molecule has 1 atom stereocenters. The highest BCUT2D eigenvalue weighted by atomic mass is 19.1. The van der Waals surface area contributed by atoms with Crippen LogP contribution in [0.3, 0.4) is 0 Å². The molecule has 1 saturated heterocycles. The molecule has 132 valence electrons. The van der Waals surface area contributed by atoms with Crippen LogP contribution in [0.25, 0.3) is 0 Å². The molecule has 1 unspecified atom stereocenters. The number of nitrogens with zero attached hydrogens (tertiary/aromatic N) is 2. The first-order valence-corrected chi connectivity index (χ1v) is 8.49. The molecule has 1 aliphatic heterocycles. The highest BCUT2D eigenvalue weighted by Crippen LogP contribution is 2.15. The van der Waals surface area contributed by atoms with E-state index >= 15 is 0 Å². The zero-order valence-corrected chi connectivity index (χ0v) is 14.0. The van der Waals surface area contributed by atoms with E-state index in [1.54, 1.807) is 23.2 Å². The molecule has 3 rings (SSSR count). The molecule has 1 aromatic heterocycles. The zero-order chi connectivity index (χ0) is 17.5. The lowest BCUT2D eigenvalue weighted by atomic mass is 10.2. The first-order chi connectivity index (χ1) is 12.2. The van der Waals surface area contributed by atoms with Crippen molar-refractivity contribution in [3.63, 3.8) is 0 Å². The smallest absolute Gasteiger partial charge is 0.318 e. The summed E-state index contributed by atoms with van der Waals surface area (Å²) in [6.07, 6.45) is 3.75. The number of rotatable bonds is 6. The van der Waals surface area contributed by atoms with Crippen molar-refractivity contribution < 1.29 is 13.9 Å². The Bertz CT molecular complexity index is 690. The molecule has 0 radical (unpaired) electrons. The van der Waals surface area contributed by atoms with Gasteiger partial charge in [-0.2, -0.15) is 0 Å². The molecule has 0 aliphatic carbocycles.